The molecule has 0 bridgehead atoms. The number of aromatic nitrogens is 1. The lowest BCUT2D eigenvalue weighted by atomic mass is 9.95. The lowest BCUT2D eigenvalue weighted by Gasteiger charge is -2.25. The first-order valence-electron chi connectivity index (χ1n) is 7.11. The molecule has 2 atom stereocenters. The Bertz CT molecular complexity index is 538. The fourth-order valence-corrected chi connectivity index (χ4v) is 2.56. The van der Waals surface area contributed by atoms with Crippen LogP contribution in [-0.4, -0.2) is 22.3 Å². The van der Waals surface area contributed by atoms with Gasteiger partial charge in [-0.3, -0.25) is 0 Å². The van der Waals surface area contributed by atoms with E-state index in [1.165, 1.54) is 0 Å². The number of aliphatic hydroxyl groups excluding tert-OH is 1. The van der Waals surface area contributed by atoms with E-state index in [0.29, 0.717) is 12.5 Å². The largest absolute Gasteiger partial charge is 0.444 e. The molecule has 2 unspecified atom stereocenters. The van der Waals surface area contributed by atoms with E-state index in [1.807, 2.05) is 30.3 Å². The average molecular weight is 273 g/mol. The number of benzene rings is 1. The van der Waals surface area contributed by atoms with Gasteiger partial charge < -0.3 is 14.3 Å². The lowest BCUT2D eigenvalue weighted by molar-refractivity contribution is -0.0238. The Hall–Kier alpha value is -1.65. The van der Waals surface area contributed by atoms with E-state index < -0.39 is 0 Å². The Morgan fingerprint density at radius 2 is 2.10 bits per heavy atom. The highest BCUT2D eigenvalue weighted by Crippen LogP contribution is 2.23. The van der Waals surface area contributed by atoms with Gasteiger partial charge >= 0.3 is 0 Å². The fraction of sp³-hybridized carbons (Fsp3) is 0.438. The number of nitrogens with zero attached hydrogens (tertiary/aromatic N) is 1. The molecule has 1 aliphatic rings. The number of oxazole rings is 1. The summed E-state index contributed by atoms with van der Waals surface area (Å²) in [5.41, 5.74) is 1.76. The second-order valence-electron chi connectivity index (χ2n) is 5.26. The summed E-state index contributed by atoms with van der Waals surface area (Å²) in [6, 6.07) is 9.81. The van der Waals surface area contributed by atoms with Gasteiger partial charge in [0.2, 0.25) is 5.89 Å². The second kappa shape index (κ2) is 6.20. The van der Waals surface area contributed by atoms with Gasteiger partial charge in [0.15, 0.2) is 0 Å². The molecule has 0 amide bonds. The Balaban J connectivity index is 1.58. The van der Waals surface area contributed by atoms with E-state index in [1.54, 1.807) is 6.26 Å². The summed E-state index contributed by atoms with van der Waals surface area (Å²) >= 11 is 0. The quantitative estimate of drug-likeness (QED) is 0.929. The van der Waals surface area contributed by atoms with Crippen LogP contribution in [0.4, 0.5) is 0 Å². The molecule has 2 aromatic rings. The molecule has 1 aromatic heterocycles. The van der Waals surface area contributed by atoms with Crippen molar-refractivity contribution in [2.24, 2.45) is 0 Å². The Kier molecular flexibility index (Phi) is 4.14. The molecule has 1 heterocycles. The minimum atomic E-state index is -0.217. The van der Waals surface area contributed by atoms with Gasteiger partial charge in [-0.2, -0.15) is 0 Å². The van der Waals surface area contributed by atoms with Crippen molar-refractivity contribution in [2.75, 3.05) is 0 Å². The van der Waals surface area contributed by atoms with Gasteiger partial charge in [-0.15, -0.1) is 0 Å². The topological polar surface area (TPSA) is 55.5 Å². The van der Waals surface area contributed by atoms with Crippen LogP contribution in [0.15, 0.2) is 41.0 Å². The van der Waals surface area contributed by atoms with Crippen molar-refractivity contribution in [1.29, 1.82) is 0 Å². The molecule has 4 heteroatoms. The minimum Gasteiger partial charge on any atom is -0.444 e. The summed E-state index contributed by atoms with van der Waals surface area (Å²) in [5, 5.41) is 9.62. The zero-order valence-corrected chi connectivity index (χ0v) is 11.4. The van der Waals surface area contributed by atoms with Crippen LogP contribution in [-0.2, 0) is 11.3 Å². The first-order valence-corrected chi connectivity index (χ1v) is 7.11. The Morgan fingerprint density at radius 3 is 2.90 bits per heavy atom. The summed E-state index contributed by atoms with van der Waals surface area (Å²) in [4.78, 5) is 4.43. The molecule has 20 heavy (non-hydrogen) atoms. The zero-order chi connectivity index (χ0) is 13.8. The molecule has 0 spiro atoms. The maximum atomic E-state index is 9.62. The normalized spacial score (nSPS) is 22.9. The predicted molar refractivity (Wildman–Crippen MR) is 75.0 cm³/mol. The van der Waals surface area contributed by atoms with Crippen molar-refractivity contribution in [3.05, 3.63) is 42.3 Å². The summed E-state index contributed by atoms with van der Waals surface area (Å²) in [7, 11) is 0. The Labute approximate surface area is 118 Å². The van der Waals surface area contributed by atoms with Gasteiger partial charge in [-0.05, 0) is 37.8 Å². The maximum absolute atomic E-state index is 9.62. The number of hydrogen-bond donors (Lipinski definition) is 1. The van der Waals surface area contributed by atoms with Crippen LogP contribution in [0.25, 0.3) is 11.5 Å². The molecule has 1 aromatic carbocycles. The minimum absolute atomic E-state index is 0.135. The molecule has 0 aliphatic heterocycles. The summed E-state index contributed by atoms with van der Waals surface area (Å²) in [5.74, 6) is 0.618. The third kappa shape index (κ3) is 3.26. The van der Waals surface area contributed by atoms with Crippen LogP contribution in [0.3, 0.4) is 0 Å². The van der Waals surface area contributed by atoms with Gasteiger partial charge in [0.05, 0.1) is 18.8 Å². The van der Waals surface area contributed by atoms with Crippen molar-refractivity contribution in [3.63, 3.8) is 0 Å². The van der Waals surface area contributed by atoms with Crippen LogP contribution in [0, 0.1) is 0 Å². The molecule has 4 nitrogen and oxygen atoms in total. The van der Waals surface area contributed by atoms with Crippen LogP contribution < -0.4 is 0 Å². The van der Waals surface area contributed by atoms with Crippen molar-refractivity contribution in [2.45, 2.75) is 44.5 Å². The third-order valence-electron chi connectivity index (χ3n) is 3.64. The molecule has 0 radical (unpaired) electrons. The number of ether oxygens (including phenoxy) is 1. The molecule has 106 valence electrons. The second-order valence-corrected chi connectivity index (χ2v) is 5.26. The predicted octanol–water partition coefficient (Wildman–Crippen LogP) is 3.16. The van der Waals surface area contributed by atoms with Gasteiger partial charge in [-0.1, -0.05) is 18.2 Å². The first kappa shape index (κ1) is 13.3. The Morgan fingerprint density at radius 1 is 1.25 bits per heavy atom. The van der Waals surface area contributed by atoms with E-state index in [4.69, 9.17) is 9.15 Å². The fourth-order valence-electron chi connectivity index (χ4n) is 2.56. The zero-order valence-electron chi connectivity index (χ0n) is 11.4. The SMILES string of the molecule is OC1CCCC(OCc2coc(-c3ccccc3)n2)C1. The monoisotopic (exact) mass is 273 g/mol. The van der Waals surface area contributed by atoms with Crippen molar-refractivity contribution >= 4 is 0 Å². The molecular weight excluding hydrogens is 254 g/mol. The average Bonchev–Trinajstić information content (AvgIpc) is 2.95. The van der Waals surface area contributed by atoms with Gasteiger partial charge in [0.1, 0.15) is 12.0 Å². The maximum Gasteiger partial charge on any atom is 0.226 e. The van der Waals surface area contributed by atoms with E-state index in [0.717, 1.165) is 36.9 Å². The summed E-state index contributed by atoms with van der Waals surface area (Å²) in [6.45, 7) is 0.438. The molecule has 1 saturated carbocycles. The van der Waals surface area contributed by atoms with E-state index >= 15 is 0 Å². The summed E-state index contributed by atoms with van der Waals surface area (Å²) < 4.78 is 11.3. The highest BCUT2D eigenvalue weighted by atomic mass is 16.5. The number of rotatable bonds is 4. The highest BCUT2D eigenvalue weighted by molar-refractivity contribution is 5.52. The van der Waals surface area contributed by atoms with Crippen LogP contribution in [0.1, 0.15) is 31.4 Å². The van der Waals surface area contributed by atoms with Gasteiger partial charge in [0.25, 0.3) is 0 Å². The molecule has 1 fully saturated rings. The van der Waals surface area contributed by atoms with Gasteiger partial charge in [-0.25, -0.2) is 4.98 Å². The third-order valence-corrected chi connectivity index (χ3v) is 3.64. The molecule has 1 N–H and O–H groups in total. The van der Waals surface area contributed by atoms with Crippen molar-refractivity contribution in [3.8, 4) is 11.5 Å². The summed E-state index contributed by atoms with van der Waals surface area (Å²) in [6.07, 6.45) is 5.22. The first-order chi connectivity index (χ1) is 9.81. The standard InChI is InChI=1S/C16H19NO3/c18-14-7-4-8-15(9-14)19-10-13-11-20-16(17-13)12-5-2-1-3-6-12/h1-3,5-6,11,14-15,18H,4,7-10H2. The van der Waals surface area contributed by atoms with E-state index in [9.17, 15) is 5.11 Å². The van der Waals surface area contributed by atoms with Crippen LogP contribution >= 0.6 is 0 Å². The van der Waals surface area contributed by atoms with Crippen molar-refractivity contribution < 1.29 is 14.3 Å². The molecule has 3 rings (SSSR count). The molecular formula is C16H19NO3. The van der Waals surface area contributed by atoms with E-state index in [-0.39, 0.29) is 12.2 Å². The molecule has 1 aliphatic carbocycles. The number of aliphatic hydroxyl groups is 1. The van der Waals surface area contributed by atoms with Crippen LogP contribution in [0.5, 0.6) is 0 Å². The smallest absolute Gasteiger partial charge is 0.226 e. The lowest BCUT2D eigenvalue weighted by Crippen LogP contribution is -2.25. The molecule has 0 saturated heterocycles. The number of hydrogen-bond acceptors (Lipinski definition) is 4. The highest BCUT2D eigenvalue weighted by Gasteiger charge is 2.21. The van der Waals surface area contributed by atoms with E-state index in [2.05, 4.69) is 4.98 Å². The van der Waals surface area contributed by atoms with Gasteiger partial charge in [0, 0.05) is 5.56 Å². The van der Waals surface area contributed by atoms with Crippen LogP contribution in [0.2, 0.25) is 0 Å². The van der Waals surface area contributed by atoms with Crippen molar-refractivity contribution in [1.82, 2.24) is 4.98 Å².